The molecule has 2 amide bonds. The van der Waals surface area contributed by atoms with Crippen molar-refractivity contribution >= 4 is 23.2 Å². The summed E-state index contributed by atoms with van der Waals surface area (Å²) in [6, 6.07) is 13.7. The second kappa shape index (κ2) is 11.4. The highest BCUT2D eigenvalue weighted by Crippen LogP contribution is 2.30. The Morgan fingerprint density at radius 2 is 1.77 bits per heavy atom. The number of likely N-dealkylation sites (tertiary alicyclic amines) is 1. The monoisotopic (exact) mass is 480 g/mol. The third kappa shape index (κ3) is 5.88. The van der Waals surface area contributed by atoms with E-state index in [0.29, 0.717) is 31.0 Å². The van der Waals surface area contributed by atoms with E-state index in [9.17, 15) is 9.59 Å². The number of amides is 2. The lowest BCUT2D eigenvalue weighted by Gasteiger charge is -2.36. The van der Waals surface area contributed by atoms with Crippen LogP contribution in [0.3, 0.4) is 0 Å². The van der Waals surface area contributed by atoms with E-state index in [1.165, 1.54) is 0 Å². The average molecular weight is 481 g/mol. The Labute approximate surface area is 207 Å². The molecule has 0 spiro atoms. The highest BCUT2D eigenvalue weighted by molar-refractivity contribution is 5.99. The molecular weight excluding hydrogens is 444 g/mol. The van der Waals surface area contributed by atoms with Crippen molar-refractivity contribution in [3.8, 4) is 11.5 Å². The number of carbonyl (C=O) groups is 2. The number of benzene rings is 2. The van der Waals surface area contributed by atoms with Crippen LogP contribution in [-0.2, 0) is 16.0 Å². The number of anilines is 2. The second-order valence-electron chi connectivity index (χ2n) is 9.11. The van der Waals surface area contributed by atoms with Crippen LogP contribution in [0, 0.1) is 5.92 Å². The van der Waals surface area contributed by atoms with Gasteiger partial charge in [0.05, 0.1) is 31.5 Å². The zero-order chi connectivity index (χ0) is 24.8. The Bertz CT molecular complexity index is 1040. The standard InChI is InChI=1S/C27H36N4O4/c1-4-29-13-15-30(16-14-29)23-8-6-5-7-22(23)28-27(33)21-18-26(32)31(19-21)12-11-20-9-10-24(34-2)25(17-20)35-3/h5-10,17,21H,4,11-16,18-19H2,1-3H3,(H,28,33). The molecule has 2 saturated heterocycles. The van der Waals surface area contributed by atoms with Gasteiger partial charge in [0.2, 0.25) is 11.8 Å². The van der Waals surface area contributed by atoms with Gasteiger partial charge in [-0.25, -0.2) is 0 Å². The Hall–Kier alpha value is -3.26. The van der Waals surface area contributed by atoms with Crippen LogP contribution in [0.1, 0.15) is 18.9 Å². The number of likely N-dealkylation sites (N-methyl/N-ethyl adjacent to an activating group) is 1. The summed E-state index contributed by atoms with van der Waals surface area (Å²) in [4.78, 5) is 32.3. The Morgan fingerprint density at radius 3 is 2.49 bits per heavy atom. The summed E-state index contributed by atoms with van der Waals surface area (Å²) < 4.78 is 10.7. The first kappa shape index (κ1) is 24.9. The van der Waals surface area contributed by atoms with E-state index in [-0.39, 0.29) is 24.2 Å². The van der Waals surface area contributed by atoms with Gasteiger partial charge in [-0.3, -0.25) is 9.59 Å². The number of hydrogen-bond donors (Lipinski definition) is 1. The fourth-order valence-electron chi connectivity index (χ4n) is 4.86. The largest absolute Gasteiger partial charge is 0.493 e. The number of nitrogens with zero attached hydrogens (tertiary/aromatic N) is 3. The maximum atomic E-state index is 13.1. The van der Waals surface area contributed by atoms with Gasteiger partial charge in [-0.1, -0.05) is 25.1 Å². The van der Waals surface area contributed by atoms with Gasteiger partial charge in [0.25, 0.3) is 0 Å². The first-order valence-electron chi connectivity index (χ1n) is 12.4. The van der Waals surface area contributed by atoms with Gasteiger partial charge >= 0.3 is 0 Å². The maximum absolute atomic E-state index is 13.1. The van der Waals surface area contributed by atoms with E-state index in [4.69, 9.17) is 9.47 Å². The lowest BCUT2D eigenvalue weighted by molar-refractivity contribution is -0.128. The number of rotatable bonds is 9. The second-order valence-corrected chi connectivity index (χ2v) is 9.11. The van der Waals surface area contributed by atoms with Gasteiger partial charge in [0.1, 0.15) is 0 Å². The Balaban J connectivity index is 1.34. The lowest BCUT2D eigenvalue weighted by atomic mass is 10.1. The van der Waals surface area contributed by atoms with Crippen LogP contribution >= 0.6 is 0 Å². The topological polar surface area (TPSA) is 74.4 Å². The maximum Gasteiger partial charge on any atom is 0.229 e. The predicted molar refractivity (Wildman–Crippen MR) is 137 cm³/mol. The van der Waals surface area contributed by atoms with Gasteiger partial charge in [-0.2, -0.15) is 0 Å². The summed E-state index contributed by atoms with van der Waals surface area (Å²) >= 11 is 0. The third-order valence-corrected chi connectivity index (χ3v) is 7.03. The van der Waals surface area contributed by atoms with E-state index in [1.54, 1.807) is 19.1 Å². The van der Waals surface area contributed by atoms with E-state index in [2.05, 4.69) is 28.1 Å². The molecule has 0 radical (unpaired) electrons. The highest BCUT2D eigenvalue weighted by atomic mass is 16.5. The number of carbonyl (C=O) groups excluding carboxylic acids is 2. The summed E-state index contributed by atoms with van der Waals surface area (Å²) in [6.07, 6.45) is 0.933. The molecule has 0 aromatic heterocycles. The fourth-order valence-corrected chi connectivity index (χ4v) is 4.86. The normalized spacial score (nSPS) is 18.6. The molecule has 8 heteroatoms. The first-order chi connectivity index (χ1) is 17.0. The molecule has 0 aliphatic carbocycles. The highest BCUT2D eigenvalue weighted by Gasteiger charge is 2.34. The van der Waals surface area contributed by atoms with E-state index >= 15 is 0 Å². The van der Waals surface area contributed by atoms with Crippen LogP contribution in [0.5, 0.6) is 11.5 Å². The molecule has 8 nitrogen and oxygen atoms in total. The quantitative estimate of drug-likeness (QED) is 0.595. The molecule has 2 heterocycles. The van der Waals surface area contributed by atoms with Gasteiger partial charge in [0, 0.05) is 45.7 Å². The smallest absolute Gasteiger partial charge is 0.229 e. The van der Waals surface area contributed by atoms with Crippen LogP contribution < -0.4 is 19.7 Å². The SMILES string of the molecule is CCN1CCN(c2ccccc2NC(=O)C2CC(=O)N(CCc3ccc(OC)c(OC)c3)C2)CC1. The van der Waals surface area contributed by atoms with Crippen molar-refractivity contribution in [3.05, 3.63) is 48.0 Å². The molecule has 4 rings (SSSR count). The molecule has 0 bridgehead atoms. The van der Waals surface area contributed by atoms with Crippen molar-refractivity contribution in [3.63, 3.8) is 0 Å². The average Bonchev–Trinajstić information content (AvgIpc) is 3.28. The minimum Gasteiger partial charge on any atom is -0.493 e. The van der Waals surface area contributed by atoms with Crippen LogP contribution in [0.25, 0.3) is 0 Å². The van der Waals surface area contributed by atoms with Crippen molar-refractivity contribution in [1.29, 1.82) is 0 Å². The van der Waals surface area contributed by atoms with Gasteiger partial charge in [-0.15, -0.1) is 0 Å². The molecule has 1 N–H and O–H groups in total. The molecule has 2 aromatic carbocycles. The van der Waals surface area contributed by atoms with E-state index < -0.39 is 0 Å². The van der Waals surface area contributed by atoms with Gasteiger partial charge < -0.3 is 29.5 Å². The minimum atomic E-state index is -0.349. The zero-order valence-corrected chi connectivity index (χ0v) is 21.0. The summed E-state index contributed by atoms with van der Waals surface area (Å²) in [5.41, 5.74) is 2.92. The fraction of sp³-hybridized carbons (Fsp3) is 0.481. The van der Waals surface area contributed by atoms with Crippen LogP contribution in [-0.4, -0.2) is 81.6 Å². The summed E-state index contributed by atoms with van der Waals surface area (Å²) in [5, 5.41) is 3.11. The van der Waals surface area contributed by atoms with E-state index in [1.807, 2.05) is 36.4 Å². The van der Waals surface area contributed by atoms with E-state index in [0.717, 1.165) is 49.7 Å². The number of ether oxygens (including phenoxy) is 2. The summed E-state index contributed by atoms with van der Waals surface area (Å²) in [5.74, 6) is 0.932. The first-order valence-corrected chi connectivity index (χ1v) is 12.4. The molecular formula is C27H36N4O4. The minimum absolute atomic E-state index is 0.0228. The van der Waals surface area contributed by atoms with Crippen molar-refractivity contribution < 1.29 is 19.1 Å². The van der Waals surface area contributed by atoms with Gasteiger partial charge in [-0.05, 0) is 42.8 Å². The van der Waals surface area contributed by atoms with Crippen molar-refractivity contribution in [1.82, 2.24) is 9.80 Å². The number of piperazine rings is 1. The molecule has 35 heavy (non-hydrogen) atoms. The summed E-state index contributed by atoms with van der Waals surface area (Å²) in [6.45, 7) is 8.16. The lowest BCUT2D eigenvalue weighted by Crippen LogP contribution is -2.46. The number of para-hydroxylation sites is 2. The van der Waals surface area contributed by atoms with Crippen molar-refractivity contribution in [2.45, 2.75) is 19.8 Å². The van der Waals surface area contributed by atoms with Crippen LogP contribution in [0.15, 0.2) is 42.5 Å². The van der Waals surface area contributed by atoms with Crippen LogP contribution in [0.4, 0.5) is 11.4 Å². The van der Waals surface area contributed by atoms with Crippen molar-refractivity contribution in [2.24, 2.45) is 5.92 Å². The zero-order valence-electron chi connectivity index (χ0n) is 21.0. The molecule has 1 atom stereocenters. The molecule has 0 saturated carbocycles. The molecule has 1 unspecified atom stereocenters. The molecule has 2 fully saturated rings. The van der Waals surface area contributed by atoms with Crippen molar-refractivity contribution in [2.75, 3.05) is 70.2 Å². The molecule has 2 aliphatic rings. The number of nitrogens with one attached hydrogen (secondary N) is 1. The molecule has 2 aromatic rings. The van der Waals surface area contributed by atoms with Gasteiger partial charge in [0.15, 0.2) is 11.5 Å². The Morgan fingerprint density at radius 1 is 1.03 bits per heavy atom. The number of hydrogen-bond acceptors (Lipinski definition) is 6. The summed E-state index contributed by atoms with van der Waals surface area (Å²) in [7, 11) is 3.22. The molecule has 188 valence electrons. The van der Waals surface area contributed by atoms with Crippen LogP contribution in [0.2, 0.25) is 0 Å². The molecule has 2 aliphatic heterocycles. The Kier molecular flexibility index (Phi) is 8.13. The predicted octanol–water partition coefficient (Wildman–Crippen LogP) is 2.88. The number of methoxy groups -OCH3 is 2. The third-order valence-electron chi connectivity index (χ3n) is 7.03.